The molecule has 1 aromatic carbocycles. The van der Waals surface area contributed by atoms with Crippen LogP contribution >= 0.6 is 18.1 Å². The minimum atomic E-state index is -3.69. The quantitative estimate of drug-likeness (QED) is 0.633. The largest absolute Gasteiger partial charge is 0.465 e. The molecule has 1 aliphatic carbocycles. The number of esters is 1. The van der Waals surface area contributed by atoms with Gasteiger partial charge in [-0.25, -0.2) is 9.65 Å². The molecular weight excluding hydrogens is 313 g/mol. The summed E-state index contributed by atoms with van der Waals surface area (Å²) in [5.41, 5.74) is -1.01. The first-order valence-electron chi connectivity index (χ1n) is 6.98. The van der Waals surface area contributed by atoms with Crippen LogP contribution in [0.3, 0.4) is 0 Å². The molecule has 1 aliphatic rings. The second-order valence-corrected chi connectivity index (χ2v) is 7.71. The Labute approximate surface area is 129 Å². The van der Waals surface area contributed by atoms with Gasteiger partial charge in [-0.3, -0.25) is 4.79 Å². The van der Waals surface area contributed by atoms with Crippen molar-refractivity contribution in [3.05, 3.63) is 30.3 Å². The predicted octanol–water partition coefficient (Wildman–Crippen LogP) is 3.88. The summed E-state index contributed by atoms with van der Waals surface area (Å²) < 4.78 is 22.9. The number of hydrogen-bond donors (Lipinski definition) is 1. The first-order chi connectivity index (χ1) is 9.97. The molecule has 0 saturated heterocycles. The molecule has 2 rings (SSSR count). The molecule has 5 nitrogen and oxygen atoms in total. The zero-order valence-corrected chi connectivity index (χ0v) is 13.5. The maximum atomic E-state index is 12.5. The maximum absolute atomic E-state index is 12.5. The Morgan fingerprint density at radius 1 is 1.33 bits per heavy atom. The molecule has 0 heterocycles. The van der Waals surface area contributed by atoms with Gasteiger partial charge in [-0.05, 0) is 31.9 Å². The summed E-state index contributed by atoms with van der Waals surface area (Å²) >= 11 is 6.00. The number of para-hydroxylation sites is 1. The summed E-state index contributed by atoms with van der Waals surface area (Å²) in [6.45, 7) is -1.68. The number of hydrogen-bond acceptors (Lipinski definition) is 4. The minimum absolute atomic E-state index is 0.272. The highest BCUT2D eigenvalue weighted by atomic mass is 35.7. The molecule has 1 N–H and O–H groups in total. The van der Waals surface area contributed by atoms with Crippen LogP contribution in [0.5, 0.6) is 5.75 Å². The van der Waals surface area contributed by atoms with E-state index in [0.717, 1.165) is 12.8 Å². The van der Waals surface area contributed by atoms with E-state index in [2.05, 4.69) is 5.09 Å². The van der Waals surface area contributed by atoms with Crippen LogP contribution in [0.1, 0.15) is 32.6 Å². The average molecular weight is 332 g/mol. The van der Waals surface area contributed by atoms with E-state index in [4.69, 9.17) is 20.5 Å². The van der Waals surface area contributed by atoms with Gasteiger partial charge in [-0.2, -0.15) is 0 Å². The molecule has 0 amide bonds. The predicted molar refractivity (Wildman–Crippen MR) is 81.5 cm³/mol. The normalized spacial score (nSPS) is 19.7. The molecule has 0 radical (unpaired) electrons. The van der Waals surface area contributed by atoms with Gasteiger partial charge in [-0.1, -0.05) is 31.0 Å². The van der Waals surface area contributed by atoms with Crippen molar-refractivity contribution in [2.75, 3.05) is 6.61 Å². The molecule has 0 aromatic heterocycles. The van der Waals surface area contributed by atoms with Gasteiger partial charge < -0.3 is 9.26 Å². The van der Waals surface area contributed by atoms with Crippen molar-refractivity contribution in [2.24, 2.45) is 0 Å². The fraction of sp³-hybridized carbons (Fsp3) is 0.500. The topological polar surface area (TPSA) is 64.6 Å². The number of rotatable bonds is 6. The van der Waals surface area contributed by atoms with Crippen molar-refractivity contribution in [1.29, 1.82) is 0 Å². The van der Waals surface area contributed by atoms with Crippen LogP contribution in [0.15, 0.2) is 30.3 Å². The lowest BCUT2D eigenvalue weighted by Gasteiger charge is -2.29. The highest BCUT2D eigenvalue weighted by Gasteiger charge is 2.47. The van der Waals surface area contributed by atoms with Gasteiger partial charge in [-0.15, -0.1) is 0 Å². The van der Waals surface area contributed by atoms with Gasteiger partial charge in [0.25, 0.3) is 0 Å². The van der Waals surface area contributed by atoms with Gasteiger partial charge in [0.15, 0.2) is 0 Å². The lowest BCUT2D eigenvalue weighted by molar-refractivity contribution is -0.150. The van der Waals surface area contributed by atoms with Gasteiger partial charge in [0.2, 0.25) is 0 Å². The van der Waals surface area contributed by atoms with E-state index < -0.39 is 18.4 Å². The van der Waals surface area contributed by atoms with E-state index in [-0.39, 0.29) is 6.61 Å². The highest BCUT2D eigenvalue weighted by molar-refractivity contribution is 7.84. The summed E-state index contributed by atoms with van der Waals surface area (Å²) in [6, 6.07) is 8.63. The summed E-state index contributed by atoms with van der Waals surface area (Å²) in [4.78, 5) is 12.2. The van der Waals surface area contributed by atoms with E-state index in [0.29, 0.717) is 18.6 Å². The minimum Gasteiger partial charge on any atom is -0.465 e. The number of carbonyl (C=O) groups excluding carboxylic acids is 1. The molecule has 1 atom stereocenters. The molecule has 116 valence electrons. The Kier molecular flexibility index (Phi) is 5.31. The third-order valence-corrected chi connectivity index (χ3v) is 5.04. The number of halogens is 1. The van der Waals surface area contributed by atoms with E-state index >= 15 is 0 Å². The fourth-order valence-corrected chi connectivity index (χ4v) is 4.49. The molecular formula is C14H19ClNO4P. The zero-order chi connectivity index (χ0) is 15.3. The molecule has 1 unspecified atom stereocenters. The number of nitrogens with one attached hydrogen (secondary N) is 1. The van der Waals surface area contributed by atoms with Crippen LogP contribution in [0.4, 0.5) is 0 Å². The Balaban J connectivity index is 2.12. The molecule has 7 heteroatoms. The van der Waals surface area contributed by atoms with E-state index in [9.17, 15) is 9.36 Å². The van der Waals surface area contributed by atoms with Gasteiger partial charge in [0.1, 0.15) is 11.3 Å². The van der Waals surface area contributed by atoms with Crippen molar-refractivity contribution < 1.29 is 18.6 Å². The number of carbonyl (C=O) groups is 1. The second kappa shape index (κ2) is 6.82. The van der Waals surface area contributed by atoms with Crippen LogP contribution in [-0.4, -0.2) is 18.1 Å². The molecule has 0 spiro atoms. The van der Waals surface area contributed by atoms with Gasteiger partial charge in [0.05, 0.1) is 6.61 Å². The Morgan fingerprint density at radius 3 is 2.52 bits per heavy atom. The van der Waals surface area contributed by atoms with Crippen LogP contribution in [0, 0.1) is 0 Å². The van der Waals surface area contributed by atoms with Crippen molar-refractivity contribution in [3.8, 4) is 5.75 Å². The first kappa shape index (κ1) is 16.3. The maximum Gasteiger partial charge on any atom is 0.410 e. The molecule has 1 saturated carbocycles. The van der Waals surface area contributed by atoms with Crippen molar-refractivity contribution in [2.45, 2.75) is 38.1 Å². The Bertz CT molecular complexity index is 531. The molecule has 1 aromatic rings. The molecule has 21 heavy (non-hydrogen) atoms. The second-order valence-electron chi connectivity index (χ2n) is 5.01. The molecule has 0 aliphatic heterocycles. The SMILES string of the molecule is CCOC(=O)C1(NP(=O)(Cl)Oc2ccccc2)CCCC1. The lowest BCUT2D eigenvalue weighted by Crippen LogP contribution is -2.49. The summed E-state index contributed by atoms with van der Waals surface area (Å²) in [5.74, 6) is -0.0274. The van der Waals surface area contributed by atoms with Crippen LogP contribution in [0.25, 0.3) is 0 Å². The van der Waals surface area contributed by atoms with Crippen LogP contribution < -0.4 is 9.61 Å². The van der Waals surface area contributed by atoms with Gasteiger partial charge in [0, 0.05) is 11.2 Å². The fourth-order valence-electron chi connectivity index (χ4n) is 2.50. The van der Waals surface area contributed by atoms with Crippen LogP contribution in [-0.2, 0) is 14.1 Å². The molecule has 0 bridgehead atoms. The van der Waals surface area contributed by atoms with Crippen molar-refractivity contribution >= 4 is 24.1 Å². The van der Waals surface area contributed by atoms with Crippen LogP contribution in [0.2, 0.25) is 0 Å². The Hall–Kier alpha value is -1.03. The van der Waals surface area contributed by atoms with E-state index in [1.165, 1.54) is 0 Å². The summed E-state index contributed by atoms with van der Waals surface area (Å²) in [7, 11) is 0. The third-order valence-electron chi connectivity index (χ3n) is 3.44. The van der Waals surface area contributed by atoms with Crippen molar-refractivity contribution in [3.63, 3.8) is 0 Å². The smallest absolute Gasteiger partial charge is 0.410 e. The average Bonchev–Trinajstić information content (AvgIpc) is 2.88. The number of ether oxygens (including phenoxy) is 1. The van der Waals surface area contributed by atoms with Gasteiger partial charge >= 0.3 is 12.8 Å². The standard InChI is InChI=1S/C14H19ClNO4P/c1-2-19-13(17)14(10-6-7-11-14)16-21(15,18)20-12-8-4-3-5-9-12/h3-5,8-9H,2,6-7,10-11H2,1H3,(H,16,18). The first-order valence-corrected chi connectivity index (χ1v) is 9.51. The zero-order valence-electron chi connectivity index (χ0n) is 11.9. The van der Waals surface area contributed by atoms with E-state index in [1.807, 2.05) is 6.07 Å². The molecule has 1 fully saturated rings. The monoisotopic (exact) mass is 331 g/mol. The van der Waals surface area contributed by atoms with E-state index in [1.54, 1.807) is 31.2 Å². The number of benzene rings is 1. The Morgan fingerprint density at radius 2 is 1.95 bits per heavy atom. The third kappa shape index (κ3) is 4.22. The van der Waals surface area contributed by atoms with Crippen molar-refractivity contribution in [1.82, 2.24) is 5.09 Å². The highest BCUT2D eigenvalue weighted by Crippen LogP contribution is 2.52. The lowest BCUT2D eigenvalue weighted by atomic mass is 10.00. The summed E-state index contributed by atoms with van der Waals surface area (Å²) in [6.07, 6.45) is 2.80. The summed E-state index contributed by atoms with van der Waals surface area (Å²) in [5, 5.41) is 2.73.